The molecule has 1 saturated carbocycles. The standard InChI is InChI=1S/C6H13NO2.ClH/c1-9-6-3-4(7)2-5(6)8;/h4-6,8H,2-3,7H2,1H3;1H/t4-,5+,6-;/m0./s1. The molecule has 3 nitrogen and oxygen atoms in total. The Bertz CT molecular complexity index is 102. The molecule has 4 heteroatoms. The van der Waals surface area contributed by atoms with Crippen LogP contribution in [0, 0.1) is 0 Å². The minimum atomic E-state index is -0.343. The summed E-state index contributed by atoms with van der Waals surface area (Å²) in [4.78, 5) is 0. The van der Waals surface area contributed by atoms with Crippen molar-refractivity contribution < 1.29 is 9.84 Å². The number of rotatable bonds is 1. The second-order valence-electron chi connectivity index (χ2n) is 2.57. The van der Waals surface area contributed by atoms with E-state index in [4.69, 9.17) is 15.6 Å². The predicted molar refractivity (Wildman–Crippen MR) is 41.3 cm³/mol. The van der Waals surface area contributed by atoms with Crippen molar-refractivity contribution in [2.75, 3.05) is 7.11 Å². The molecule has 0 unspecified atom stereocenters. The fourth-order valence-corrected chi connectivity index (χ4v) is 1.27. The fourth-order valence-electron chi connectivity index (χ4n) is 1.27. The third kappa shape index (κ3) is 2.09. The van der Waals surface area contributed by atoms with E-state index in [0.29, 0.717) is 6.42 Å². The van der Waals surface area contributed by atoms with Crippen molar-refractivity contribution in [1.29, 1.82) is 0 Å². The van der Waals surface area contributed by atoms with Crippen LogP contribution in [0.15, 0.2) is 0 Å². The van der Waals surface area contributed by atoms with E-state index in [2.05, 4.69) is 0 Å². The number of aliphatic hydroxyl groups excluding tert-OH is 1. The number of hydrogen-bond donors (Lipinski definition) is 2. The Labute approximate surface area is 67.0 Å². The molecule has 3 atom stereocenters. The maximum Gasteiger partial charge on any atom is 0.0845 e. The molecule has 3 N–H and O–H groups in total. The number of aliphatic hydroxyl groups is 1. The monoisotopic (exact) mass is 167 g/mol. The molecule has 0 bridgehead atoms. The Morgan fingerprint density at radius 2 is 2.10 bits per heavy atom. The molecule has 0 aromatic carbocycles. The first-order valence-electron chi connectivity index (χ1n) is 3.20. The summed E-state index contributed by atoms with van der Waals surface area (Å²) in [7, 11) is 1.60. The average molecular weight is 168 g/mol. The van der Waals surface area contributed by atoms with Gasteiger partial charge in [0.1, 0.15) is 0 Å². The third-order valence-corrected chi connectivity index (χ3v) is 1.81. The van der Waals surface area contributed by atoms with Crippen molar-refractivity contribution in [2.45, 2.75) is 31.1 Å². The van der Waals surface area contributed by atoms with E-state index >= 15 is 0 Å². The molecule has 0 heterocycles. The highest BCUT2D eigenvalue weighted by Crippen LogP contribution is 2.19. The maximum atomic E-state index is 9.15. The van der Waals surface area contributed by atoms with Gasteiger partial charge < -0.3 is 15.6 Å². The van der Waals surface area contributed by atoms with E-state index in [0.717, 1.165) is 6.42 Å². The highest BCUT2D eigenvalue weighted by Gasteiger charge is 2.30. The molecule has 1 aliphatic rings. The average Bonchev–Trinajstić information content (AvgIpc) is 2.10. The van der Waals surface area contributed by atoms with Gasteiger partial charge in [-0.15, -0.1) is 12.4 Å². The van der Waals surface area contributed by atoms with Gasteiger partial charge in [0.15, 0.2) is 0 Å². The van der Waals surface area contributed by atoms with Crippen LogP contribution in [0.3, 0.4) is 0 Å². The quantitative estimate of drug-likeness (QED) is 0.574. The van der Waals surface area contributed by atoms with Crippen molar-refractivity contribution in [3.63, 3.8) is 0 Å². The zero-order valence-electron chi connectivity index (χ0n) is 5.99. The first-order chi connectivity index (χ1) is 4.24. The van der Waals surface area contributed by atoms with Crippen LogP contribution in [0.1, 0.15) is 12.8 Å². The summed E-state index contributed by atoms with van der Waals surface area (Å²) < 4.78 is 4.96. The zero-order valence-corrected chi connectivity index (χ0v) is 6.80. The van der Waals surface area contributed by atoms with Gasteiger partial charge in [-0.2, -0.15) is 0 Å². The molecule has 0 aromatic rings. The lowest BCUT2D eigenvalue weighted by molar-refractivity contribution is 0.00981. The number of ether oxygens (including phenoxy) is 1. The van der Waals surface area contributed by atoms with Crippen LogP contribution in [0.25, 0.3) is 0 Å². The Balaban J connectivity index is 0.000000810. The summed E-state index contributed by atoms with van der Waals surface area (Å²) in [6.45, 7) is 0. The normalized spacial score (nSPS) is 39.3. The molecule has 62 valence electrons. The molecule has 0 spiro atoms. The van der Waals surface area contributed by atoms with Gasteiger partial charge in [0.2, 0.25) is 0 Å². The van der Waals surface area contributed by atoms with E-state index in [1.807, 2.05) is 0 Å². The maximum absolute atomic E-state index is 9.15. The van der Waals surface area contributed by atoms with Crippen molar-refractivity contribution in [2.24, 2.45) is 5.73 Å². The van der Waals surface area contributed by atoms with Crippen molar-refractivity contribution in [1.82, 2.24) is 0 Å². The second-order valence-corrected chi connectivity index (χ2v) is 2.57. The number of halogens is 1. The molecule has 1 aliphatic carbocycles. The van der Waals surface area contributed by atoms with Crippen LogP contribution in [0.5, 0.6) is 0 Å². The third-order valence-electron chi connectivity index (χ3n) is 1.81. The highest BCUT2D eigenvalue weighted by molar-refractivity contribution is 5.85. The summed E-state index contributed by atoms with van der Waals surface area (Å²) in [5, 5.41) is 9.15. The van der Waals surface area contributed by atoms with Gasteiger partial charge in [0.25, 0.3) is 0 Å². The van der Waals surface area contributed by atoms with Gasteiger partial charge in [-0.3, -0.25) is 0 Å². The van der Waals surface area contributed by atoms with Crippen LogP contribution >= 0.6 is 12.4 Å². The molecule has 1 fully saturated rings. The summed E-state index contributed by atoms with van der Waals surface area (Å²) in [5.74, 6) is 0. The molecule has 0 amide bonds. The van der Waals surface area contributed by atoms with Crippen LogP contribution in [-0.2, 0) is 4.74 Å². The number of hydrogen-bond acceptors (Lipinski definition) is 3. The van der Waals surface area contributed by atoms with E-state index in [1.165, 1.54) is 0 Å². The molecule has 0 radical (unpaired) electrons. The summed E-state index contributed by atoms with van der Waals surface area (Å²) in [6, 6.07) is 0.130. The van der Waals surface area contributed by atoms with Crippen LogP contribution in [0.4, 0.5) is 0 Å². The Kier molecular flexibility index (Phi) is 4.20. The van der Waals surface area contributed by atoms with Gasteiger partial charge in [-0.05, 0) is 12.8 Å². The molecule has 1 rings (SSSR count). The van der Waals surface area contributed by atoms with Crippen LogP contribution in [0.2, 0.25) is 0 Å². The highest BCUT2D eigenvalue weighted by atomic mass is 35.5. The molecule has 0 saturated heterocycles. The SMILES string of the molecule is CO[C@H]1C[C@@H](N)C[C@H]1O.Cl. The largest absolute Gasteiger partial charge is 0.390 e. The lowest BCUT2D eigenvalue weighted by atomic mass is 10.3. The lowest BCUT2D eigenvalue weighted by Gasteiger charge is -2.10. The minimum absolute atomic E-state index is 0. The number of nitrogens with two attached hydrogens (primary N) is 1. The van der Waals surface area contributed by atoms with Gasteiger partial charge >= 0.3 is 0 Å². The van der Waals surface area contributed by atoms with Crippen molar-refractivity contribution >= 4 is 12.4 Å². The summed E-state index contributed by atoms with van der Waals surface area (Å²) in [5.41, 5.74) is 5.55. The predicted octanol–water partition coefficient (Wildman–Crippen LogP) is -0.0948. The van der Waals surface area contributed by atoms with Crippen molar-refractivity contribution in [3.05, 3.63) is 0 Å². The second kappa shape index (κ2) is 4.13. The Morgan fingerprint density at radius 1 is 1.50 bits per heavy atom. The molecular weight excluding hydrogens is 154 g/mol. The van der Waals surface area contributed by atoms with Gasteiger partial charge in [0.05, 0.1) is 12.2 Å². The lowest BCUT2D eigenvalue weighted by Crippen LogP contribution is -2.20. The first kappa shape index (κ1) is 10.2. The molecule has 10 heavy (non-hydrogen) atoms. The van der Waals surface area contributed by atoms with Crippen molar-refractivity contribution in [3.8, 4) is 0 Å². The number of methoxy groups -OCH3 is 1. The summed E-state index contributed by atoms with van der Waals surface area (Å²) in [6.07, 6.45) is 1.10. The minimum Gasteiger partial charge on any atom is -0.390 e. The first-order valence-corrected chi connectivity index (χ1v) is 3.20. The molecule has 0 aromatic heterocycles. The fraction of sp³-hybridized carbons (Fsp3) is 1.00. The summed E-state index contributed by atoms with van der Waals surface area (Å²) >= 11 is 0. The van der Waals surface area contributed by atoms with Gasteiger partial charge in [-0.25, -0.2) is 0 Å². The van der Waals surface area contributed by atoms with E-state index < -0.39 is 0 Å². The topological polar surface area (TPSA) is 55.5 Å². The van der Waals surface area contributed by atoms with E-state index in [9.17, 15) is 0 Å². The van der Waals surface area contributed by atoms with Crippen LogP contribution in [-0.4, -0.2) is 30.5 Å². The van der Waals surface area contributed by atoms with Gasteiger partial charge in [0, 0.05) is 13.2 Å². The zero-order chi connectivity index (χ0) is 6.85. The molecule has 0 aliphatic heterocycles. The Hall–Kier alpha value is 0.170. The Morgan fingerprint density at radius 3 is 2.30 bits per heavy atom. The van der Waals surface area contributed by atoms with Gasteiger partial charge in [-0.1, -0.05) is 0 Å². The molecular formula is C6H14ClNO2. The van der Waals surface area contributed by atoms with E-state index in [-0.39, 0.29) is 30.7 Å². The smallest absolute Gasteiger partial charge is 0.0845 e. The van der Waals surface area contributed by atoms with E-state index in [1.54, 1.807) is 7.11 Å². The van der Waals surface area contributed by atoms with Crippen LogP contribution < -0.4 is 5.73 Å².